The van der Waals surface area contributed by atoms with E-state index in [4.69, 9.17) is 5.26 Å². The van der Waals surface area contributed by atoms with Crippen LogP contribution in [0.25, 0.3) is 16.8 Å². The summed E-state index contributed by atoms with van der Waals surface area (Å²) in [4.78, 5) is 4.63. The Labute approximate surface area is 231 Å². The maximum absolute atomic E-state index is 13.4. The van der Waals surface area contributed by atoms with Gasteiger partial charge >= 0.3 is 0 Å². The molecule has 3 heterocycles. The summed E-state index contributed by atoms with van der Waals surface area (Å²) >= 11 is 0. The monoisotopic (exact) mass is 575 g/mol. The van der Waals surface area contributed by atoms with Crippen LogP contribution in [-0.4, -0.2) is 46.4 Å². The molecule has 0 amide bonds. The van der Waals surface area contributed by atoms with Gasteiger partial charge < -0.3 is 0 Å². The van der Waals surface area contributed by atoms with Crippen LogP contribution in [-0.2, 0) is 20.0 Å². The predicted molar refractivity (Wildman–Crippen MR) is 146 cm³/mol. The lowest BCUT2D eigenvalue weighted by Crippen LogP contribution is -2.57. The molecule has 1 aliphatic rings. The van der Waals surface area contributed by atoms with Gasteiger partial charge in [-0.15, -0.1) is 10.2 Å². The number of sulfonamides is 1. The Kier molecular flexibility index (Phi) is 5.85. The molecule has 0 saturated heterocycles. The number of aromatic nitrogens is 5. The maximum atomic E-state index is 13.4. The van der Waals surface area contributed by atoms with Crippen molar-refractivity contribution in [2.75, 3.05) is 0 Å². The Bertz CT molecular complexity index is 2040. The first kappa shape index (κ1) is 26.1. The Hall–Kier alpha value is -4.12. The number of aryl methyl sites for hydroxylation is 1. The summed E-state index contributed by atoms with van der Waals surface area (Å²) in [6.45, 7) is 5.80. The summed E-state index contributed by atoms with van der Waals surface area (Å²) in [6, 6.07) is 15.6. The van der Waals surface area contributed by atoms with E-state index in [1.165, 1.54) is 36.7 Å². The second-order valence-corrected chi connectivity index (χ2v) is 14.1. The van der Waals surface area contributed by atoms with Crippen LogP contribution in [0.15, 0.2) is 76.8 Å². The molecule has 0 radical (unpaired) electrons. The average Bonchev–Trinajstić information content (AvgIpc) is 3.55. The number of hydrogen-bond donors (Lipinski definition) is 1. The van der Waals surface area contributed by atoms with Gasteiger partial charge in [0.2, 0.25) is 10.0 Å². The molecule has 11 nitrogen and oxygen atoms in total. The second-order valence-electron chi connectivity index (χ2n) is 10.6. The molecule has 3 aromatic heterocycles. The van der Waals surface area contributed by atoms with Crippen molar-refractivity contribution < 1.29 is 16.8 Å². The Balaban J connectivity index is 1.34. The first-order chi connectivity index (χ1) is 18.9. The van der Waals surface area contributed by atoms with E-state index in [9.17, 15) is 16.8 Å². The number of nitrogens with zero attached hydrogens (tertiary/aromatic N) is 6. The van der Waals surface area contributed by atoms with Gasteiger partial charge in [0.25, 0.3) is 10.0 Å². The smallest absolute Gasteiger partial charge is 0.269 e. The van der Waals surface area contributed by atoms with E-state index in [1.54, 1.807) is 34.7 Å². The van der Waals surface area contributed by atoms with E-state index in [0.29, 0.717) is 29.0 Å². The standard InChI is InChI=1S/C27H25N7O4S2/c1-17-4-8-20(9-5-17)40(37,38)33-13-12-22-26(33)29-16-24-30-31-25(34(22)24)21-14-23(27(21,2)3)32-39(35,36)19-10-6-18(15-28)7-11-19/h4-13,16,21,23,32H,14H2,1-3H3/t21-,23-/m1/s1. The summed E-state index contributed by atoms with van der Waals surface area (Å²) in [7, 11) is -7.70. The molecular weight excluding hydrogens is 550 g/mol. The number of nitrogens with one attached hydrogen (secondary N) is 1. The third kappa shape index (κ3) is 3.98. The molecule has 6 rings (SSSR count). The number of benzene rings is 2. The molecule has 1 N–H and O–H groups in total. The number of fused-ring (bicyclic) bond motifs is 3. The van der Waals surface area contributed by atoms with Crippen LogP contribution < -0.4 is 4.72 Å². The normalized spacial score (nSPS) is 18.9. The minimum Gasteiger partial charge on any atom is -0.274 e. The van der Waals surface area contributed by atoms with Crippen LogP contribution >= 0.6 is 0 Å². The van der Waals surface area contributed by atoms with Gasteiger partial charge in [0.1, 0.15) is 5.82 Å². The zero-order valence-corrected chi connectivity index (χ0v) is 23.5. The molecule has 2 aromatic carbocycles. The van der Waals surface area contributed by atoms with Gasteiger partial charge in [0.15, 0.2) is 11.3 Å². The van der Waals surface area contributed by atoms with Gasteiger partial charge in [-0.3, -0.25) is 4.40 Å². The van der Waals surface area contributed by atoms with Crippen LogP contribution in [0.3, 0.4) is 0 Å². The van der Waals surface area contributed by atoms with Crippen molar-refractivity contribution in [3.05, 3.63) is 83.9 Å². The lowest BCUT2D eigenvalue weighted by Gasteiger charge is -2.51. The summed E-state index contributed by atoms with van der Waals surface area (Å²) in [6.07, 6.45) is 3.42. The number of rotatable bonds is 6. The summed E-state index contributed by atoms with van der Waals surface area (Å²) in [5.74, 6) is 0.436. The second kappa shape index (κ2) is 8.95. The van der Waals surface area contributed by atoms with Crippen LogP contribution in [0, 0.1) is 23.7 Å². The van der Waals surface area contributed by atoms with E-state index < -0.39 is 25.5 Å². The molecule has 1 aliphatic carbocycles. The minimum atomic E-state index is -3.89. The molecule has 40 heavy (non-hydrogen) atoms. The van der Waals surface area contributed by atoms with Gasteiger partial charge in [-0.05, 0) is 61.2 Å². The van der Waals surface area contributed by atoms with Crippen LogP contribution in [0.2, 0.25) is 0 Å². The summed E-state index contributed by atoms with van der Waals surface area (Å²) < 4.78 is 58.6. The van der Waals surface area contributed by atoms with Crippen molar-refractivity contribution in [1.29, 1.82) is 5.26 Å². The van der Waals surface area contributed by atoms with E-state index in [0.717, 1.165) is 9.54 Å². The maximum Gasteiger partial charge on any atom is 0.269 e. The van der Waals surface area contributed by atoms with Crippen molar-refractivity contribution >= 4 is 36.9 Å². The zero-order valence-electron chi connectivity index (χ0n) is 21.8. The van der Waals surface area contributed by atoms with Gasteiger partial charge in [-0.25, -0.2) is 30.5 Å². The predicted octanol–water partition coefficient (Wildman–Crippen LogP) is 3.36. The molecule has 0 bridgehead atoms. The zero-order chi connectivity index (χ0) is 28.4. The SMILES string of the molecule is Cc1ccc(S(=O)(=O)n2ccc3c2ncc2nnc([C@H]4C[C@@H](NS(=O)(=O)c5ccc(C#N)cc5)C4(C)C)n23)cc1. The van der Waals surface area contributed by atoms with Crippen LogP contribution in [0.5, 0.6) is 0 Å². The average molecular weight is 576 g/mol. The van der Waals surface area contributed by atoms with Crippen LogP contribution in [0.1, 0.15) is 43.1 Å². The highest BCUT2D eigenvalue weighted by molar-refractivity contribution is 7.90. The van der Waals surface area contributed by atoms with Gasteiger partial charge in [-0.2, -0.15) is 5.26 Å². The summed E-state index contributed by atoms with van der Waals surface area (Å²) in [5, 5.41) is 17.7. The minimum absolute atomic E-state index is 0.0857. The highest BCUT2D eigenvalue weighted by atomic mass is 32.2. The first-order valence-corrected chi connectivity index (χ1v) is 15.4. The fourth-order valence-corrected chi connectivity index (χ4v) is 7.92. The van der Waals surface area contributed by atoms with Crippen molar-refractivity contribution in [2.45, 2.75) is 48.9 Å². The lowest BCUT2D eigenvalue weighted by atomic mass is 9.58. The van der Waals surface area contributed by atoms with Gasteiger partial charge in [0, 0.05) is 18.2 Å². The number of nitriles is 1. The molecular formula is C27H25N7O4S2. The quantitative estimate of drug-likeness (QED) is 0.324. The van der Waals surface area contributed by atoms with Crippen molar-refractivity contribution in [1.82, 2.24) is 28.3 Å². The molecule has 2 atom stereocenters. The fraction of sp³-hybridized carbons (Fsp3) is 0.259. The topological polar surface area (TPSA) is 152 Å². The lowest BCUT2D eigenvalue weighted by molar-refractivity contribution is 0.0796. The highest BCUT2D eigenvalue weighted by Gasteiger charge is 2.52. The van der Waals surface area contributed by atoms with Crippen LogP contribution in [0.4, 0.5) is 0 Å². The largest absolute Gasteiger partial charge is 0.274 e. The third-order valence-electron chi connectivity index (χ3n) is 7.81. The molecule has 204 valence electrons. The summed E-state index contributed by atoms with van der Waals surface area (Å²) in [5.41, 5.74) is 2.03. The van der Waals surface area contributed by atoms with E-state index >= 15 is 0 Å². The van der Waals surface area contributed by atoms with E-state index in [2.05, 4.69) is 19.9 Å². The molecule has 5 aromatic rings. The van der Waals surface area contributed by atoms with E-state index in [-0.39, 0.29) is 27.4 Å². The molecule has 0 aliphatic heterocycles. The van der Waals surface area contributed by atoms with Gasteiger partial charge in [0.05, 0.1) is 33.1 Å². The molecule has 0 unspecified atom stereocenters. The molecule has 13 heteroatoms. The molecule has 1 saturated carbocycles. The Morgan fingerprint density at radius 3 is 2.30 bits per heavy atom. The molecule has 0 spiro atoms. The van der Waals surface area contributed by atoms with Crippen molar-refractivity contribution in [3.8, 4) is 6.07 Å². The van der Waals surface area contributed by atoms with Crippen molar-refractivity contribution in [3.63, 3.8) is 0 Å². The Morgan fingerprint density at radius 1 is 0.975 bits per heavy atom. The molecule has 1 fully saturated rings. The highest BCUT2D eigenvalue weighted by Crippen LogP contribution is 2.52. The van der Waals surface area contributed by atoms with Gasteiger partial charge in [-0.1, -0.05) is 31.5 Å². The third-order valence-corrected chi connectivity index (χ3v) is 11.0. The van der Waals surface area contributed by atoms with Crippen molar-refractivity contribution in [2.24, 2.45) is 5.41 Å². The van der Waals surface area contributed by atoms with E-state index in [1.807, 2.05) is 26.8 Å². The fourth-order valence-electron chi connectivity index (χ4n) is 5.22. The first-order valence-electron chi connectivity index (χ1n) is 12.5. The Morgan fingerprint density at radius 2 is 1.65 bits per heavy atom. The number of hydrogen-bond acceptors (Lipinski definition) is 8.